The minimum absolute atomic E-state index is 0.194. The molecule has 1 aromatic heterocycles. The van der Waals surface area contributed by atoms with Gasteiger partial charge in [0.25, 0.3) is 0 Å². The smallest absolute Gasteiger partial charge is 0.225 e. The van der Waals surface area contributed by atoms with E-state index in [2.05, 4.69) is 83.6 Å². The lowest BCUT2D eigenvalue weighted by atomic mass is 9.75. The molecule has 0 bridgehead atoms. The maximum atomic E-state index is 13.8. The first kappa shape index (κ1) is 24.0. The van der Waals surface area contributed by atoms with Gasteiger partial charge in [-0.05, 0) is 73.6 Å². The molecule has 4 nitrogen and oxygen atoms in total. The molecular formula is C31H39N3O. The Morgan fingerprint density at radius 1 is 0.943 bits per heavy atom. The highest BCUT2D eigenvalue weighted by molar-refractivity contribution is 5.81. The fourth-order valence-electron chi connectivity index (χ4n) is 6.55. The molecule has 5 atom stereocenters. The number of rotatable bonds is 6. The topological polar surface area (TPSA) is 45.2 Å². The SMILES string of the molecule is C[C@@H]1C[C@H](C)C[C@H](C(=O)N2CC[C@H](NCc3ccnc4ccccc34)C[C@H]2Cc2ccccc2)C1. The molecule has 3 aromatic rings. The van der Waals surface area contributed by atoms with Crippen LogP contribution in [0.5, 0.6) is 0 Å². The van der Waals surface area contributed by atoms with Crippen LogP contribution >= 0.6 is 0 Å². The van der Waals surface area contributed by atoms with Gasteiger partial charge in [-0.2, -0.15) is 0 Å². The number of piperidine rings is 1. The zero-order valence-corrected chi connectivity index (χ0v) is 21.2. The maximum Gasteiger partial charge on any atom is 0.225 e. The van der Waals surface area contributed by atoms with Gasteiger partial charge < -0.3 is 10.2 Å². The Morgan fingerprint density at radius 2 is 1.69 bits per heavy atom. The van der Waals surface area contributed by atoms with Crippen LogP contribution in [0.2, 0.25) is 0 Å². The van der Waals surface area contributed by atoms with E-state index in [0.717, 1.165) is 50.7 Å². The number of carbonyl (C=O) groups excluding carboxylic acids is 1. The average molecular weight is 470 g/mol. The molecule has 0 spiro atoms. The quantitative estimate of drug-likeness (QED) is 0.482. The molecule has 2 aromatic carbocycles. The van der Waals surface area contributed by atoms with Crippen LogP contribution in [0.15, 0.2) is 66.9 Å². The van der Waals surface area contributed by atoms with E-state index in [0.29, 0.717) is 23.8 Å². The van der Waals surface area contributed by atoms with E-state index >= 15 is 0 Å². The summed E-state index contributed by atoms with van der Waals surface area (Å²) in [5, 5.41) is 5.05. The predicted octanol–water partition coefficient (Wildman–Crippen LogP) is 6.00. The standard InChI is InChI=1S/C31H39N3O/c1-22-16-23(2)18-26(17-22)31(35)34-15-13-27(20-28(34)19-24-8-4-3-5-9-24)33-21-25-12-14-32-30-11-7-6-10-29(25)30/h3-12,14,22-23,26-28,33H,13,15-21H2,1-2H3/t22-,23+,26-,27-,28+/m0/s1. The van der Waals surface area contributed by atoms with Gasteiger partial charge in [0.2, 0.25) is 5.91 Å². The summed E-state index contributed by atoms with van der Waals surface area (Å²) in [5.74, 6) is 1.90. The van der Waals surface area contributed by atoms with Gasteiger partial charge in [-0.1, -0.05) is 62.4 Å². The van der Waals surface area contributed by atoms with Crippen molar-refractivity contribution in [2.24, 2.45) is 17.8 Å². The molecule has 2 heterocycles. The number of benzene rings is 2. The Bertz CT molecular complexity index is 1120. The van der Waals surface area contributed by atoms with Gasteiger partial charge in [0.15, 0.2) is 0 Å². The van der Waals surface area contributed by atoms with Gasteiger partial charge in [0.1, 0.15) is 0 Å². The number of nitrogens with zero attached hydrogens (tertiary/aromatic N) is 2. The van der Waals surface area contributed by atoms with Crippen molar-refractivity contribution in [1.29, 1.82) is 0 Å². The summed E-state index contributed by atoms with van der Waals surface area (Å²) >= 11 is 0. The van der Waals surface area contributed by atoms with Gasteiger partial charge in [-0.3, -0.25) is 9.78 Å². The van der Waals surface area contributed by atoms with Crippen molar-refractivity contribution in [2.45, 2.75) is 71.0 Å². The highest BCUT2D eigenvalue weighted by Crippen LogP contribution is 2.35. The van der Waals surface area contributed by atoms with Crippen LogP contribution in [-0.2, 0) is 17.8 Å². The largest absolute Gasteiger partial charge is 0.339 e. The number of likely N-dealkylation sites (tertiary alicyclic amines) is 1. The maximum absolute atomic E-state index is 13.8. The van der Waals surface area contributed by atoms with Crippen LogP contribution < -0.4 is 5.32 Å². The van der Waals surface area contributed by atoms with E-state index in [9.17, 15) is 4.79 Å². The molecule has 1 amide bonds. The highest BCUT2D eigenvalue weighted by atomic mass is 16.2. The summed E-state index contributed by atoms with van der Waals surface area (Å²) in [4.78, 5) is 20.5. The summed E-state index contributed by atoms with van der Waals surface area (Å²) in [7, 11) is 0. The molecule has 4 heteroatoms. The molecule has 1 N–H and O–H groups in total. The fourth-order valence-corrected chi connectivity index (χ4v) is 6.55. The number of hydrogen-bond acceptors (Lipinski definition) is 3. The summed E-state index contributed by atoms with van der Waals surface area (Å²) in [6.07, 6.45) is 8.21. The number of aromatic nitrogens is 1. The molecule has 2 fully saturated rings. The van der Waals surface area contributed by atoms with E-state index in [1.54, 1.807) is 0 Å². The third-order valence-electron chi connectivity index (χ3n) is 8.16. The number of fused-ring (bicyclic) bond motifs is 1. The molecular weight excluding hydrogens is 430 g/mol. The number of nitrogens with one attached hydrogen (secondary N) is 1. The first-order chi connectivity index (χ1) is 17.1. The van der Waals surface area contributed by atoms with Crippen LogP contribution in [0.3, 0.4) is 0 Å². The Hall–Kier alpha value is -2.72. The Balaban J connectivity index is 1.29. The molecule has 35 heavy (non-hydrogen) atoms. The minimum Gasteiger partial charge on any atom is -0.339 e. The molecule has 0 unspecified atom stereocenters. The molecule has 1 saturated carbocycles. The van der Waals surface area contributed by atoms with Crippen LogP contribution in [-0.4, -0.2) is 34.4 Å². The molecule has 5 rings (SSSR count). The predicted molar refractivity (Wildman–Crippen MR) is 143 cm³/mol. The number of para-hydroxylation sites is 1. The van der Waals surface area contributed by atoms with E-state index < -0.39 is 0 Å². The van der Waals surface area contributed by atoms with Gasteiger partial charge in [-0.25, -0.2) is 0 Å². The van der Waals surface area contributed by atoms with Crippen molar-refractivity contribution in [1.82, 2.24) is 15.2 Å². The minimum atomic E-state index is 0.194. The second-order valence-electron chi connectivity index (χ2n) is 11.1. The lowest BCUT2D eigenvalue weighted by Gasteiger charge is -2.43. The van der Waals surface area contributed by atoms with Crippen LogP contribution in [0.4, 0.5) is 0 Å². The average Bonchev–Trinajstić information content (AvgIpc) is 2.87. The molecule has 0 radical (unpaired) electrons. The van der Waals surface area contributed by atoms with Crippen molar-refractivity contribution in [3.8, 4) is 0 Å². The van der Waals surface area contributed by atoms with Crippen LogP contribution in [0.25, 0.3) is 10.9 Å². The zero-order chi connectivity index (χ0) is 24.2. The van der Waals surface area contributed by atoms with Crippen LogP contribution in [0, 0.1) is 17.8 Å². The molecule has 1 aliphatic heterocycles. The fraction of sp³-hybridized carbons (Fsp3) is 0.484. The van der Waals surface area contributed by atoms with Crippen molar-refractivity contribution in [3.05, 3.63) is 78.0 Å². The molecule has 2 aliphatic rings. The lowest BCUT2D eigenvalue weighted by molar-refractivity contribution is -0.141. The Labute approximate surface area is 210 Å². The summed E-state index contributed by atoms with van der Waals surface area (Å²) in [6, 6.07) is 21.8. The first-order valence-electron chi connectivity index (χ1n) is 13.5. The zero-order valence-electron chi connectivity index (χ0n) is 21.2. The van der Waals surface area contributed by atoms with Gasteiger partial charge in [-0.15, -0.1) is 0 Å². The van der Waals surface area contributed by atoms with Gasteiger partial charge in [0.05, 0.1) is 5.52 Å². The van der Waals surface area contributed by atoms with Crippen LogP contribution in [0.1, 0.15) is 57.1 Å². The highest BCUT2D eigenvalue weighted by Gasteiger charge is 2.37. The van der Waals surface area contributed by atoms with E-state index in [4.69, 9.17) is 0 Å². The third-order valence-corrected chi connectivity index (χ3v) is 8.16. The lowest BCUT2D eigenvalue weighted by Crippen LogP contribution is -2.53. The molecule has 1 aliphatic carbocycles. The van der Waals surface area contributed by atoms with E-state index in [1.807, 2.05) is 12.3 Å². The second kappa shape index (κ2) is 10.9. The third kappa shape index (κ3) is 5.75. The Kier molecular flexibility index (Phi) is 7.48. The molecule has 184 valence electrons. The van der Waals surface area contributed by atoms with E-state index in [1.165, 1.54) is 22.9 Å². The monoisotopic (exact) mass is 469 g/mol. The van der Waals surface area contributed by atoms with Crippen molar-refractivity contribution in [2.75, 3.05) is 6.54 Å². The van der Waals surface area contributed by atoms with Crippen molar-refractivity contribution >= 4 is 16.8 Å². The van der Waals surface area contributed by atoms with Crippen molar-refractivity contribution in [3.63, 3.8) is 0 Å². The van der Waals surface area contributed by atoms with E-state index in [-0.39, 0.29) is 12.0 Å². The Morgan fingerprint density at radius 3 is 2.49 bits per heavy atom. The van der Waals surface area contributed by atoms with Gasteiger partial charge in [0, 0.05) is 42.7 Å². The number of amides is 1. The van der Waals surface area contributed by atoms with Crippen molar-refractivity contribution < 1.29 is 4.79 Å². The summed E-state index contributed by atoms with van der Waals surface area (Å²) < 4.78 is 0. The molecule has 1 saturated heterocycles. The number of hydrogen-bond donors (Lipinski definition) is 1. The normalized spacial score (nSPS) is 27.1. The second-order valence-corrected chi connectivity index (χ2v) is 11.1. The van der Waals surface area contributed by atoms with Gasteiger partial charge >= 0.3 is 0 Å². The number of pyridine rings is 1. The summed E-state index contributed by atoms with van der Waals surface area (Å²) in [6.45, 7) is 6.31. The number of carbonyl (C=O) groups is 1. The first-order valence-corrected chi connectivity index (χ1v) is 13.5. The summed E-state index contributed by atoms with van der Waals surface area (Å²) in [5.41, 5.74) is 3.66.